The van der Waals surface area contributed by atoms with Crippen LogP contribution in [-0.2, 0) is 19.5 Å². The van der Waals surface area contributed by atoms with Crippen molar-refractivity contribution in [3.05, 3.63) is 15.9 Å². The highest BCUT2D eigenvalue weighted by Gasteiger charge is 2.14. The number of aromatic nitrogens is 2. The second-order valence-electron chi connectivity index (χ2n) is 5.25. The Morgan fingerprint density at radius 3 is 2.58 bits per heavy atom. The maximum Gasteiger partial charge on any atom is 0.0767 e. The second kappa shape index (κ2) is 8.02. The maximum atomic E-state index is 4.62. The predicted octanol–water partition coefficient (Wildman–Crippen LogP) is 2.66. The SMILES string of the molecule is CCc1nn(CC)c(CNC(C)CCN(C)C)c1Br. The molecule has 0 fully saturated rings. The van der Waals surface area contributed by atoms with E-state index in [1.807, 2.05) is 0 Å². The van der Waals surface area contributed by atoms with E-state index < -0.39 is 0 Å². The first-order valence-corrected chi connectivity index (χ1v) is 7.91. The van der Waals surface area contributed by atoms with Crippen LogP contribution in [0.4, 0.5) is 0 Å². The third-order valence-corrected chi connectivity index (χ3v) is 4.24. The van der Waals surface area contributed by atoms with Gasteiger partial charge in [-0.05, 0) is 63.3 Å². The van der Waals surface area contributed by atoms with Gasteiger partial charge >= 0.3 is 0 Å². The molecule has 0 saturated heterocycles. The number of aryl methyl sites for hydroxylation is 2. The van der Waals surface area contributed by atoms with Crippen molar-refractivity contribution in [2.24, 2.45) is 0 Å². The molecule has 1 aromatic rings. The van der Waals surface area contributed by atoms with Crippen molar-refractivity contribution in [3.8, 4) is 0 Å². The molecule has 110 valence electrons. The monoisotopic (exact) mass is 330 g/mol. The van der Waals surface area contributed by atoms with E-state index in [1.54, 1.807) is 0 Å². The third kappa shape index (κ3) is 4.89. The van der Waals surface area contributed by atoms with Crippen LogP contribution in [0.2, 0.25) is 0 Å². The number of hydrogen-bond donors (Lipinski definition) is 1. The van der Waals surface area contributed by atoms with E-state index in [0.29, 0.717) is 6.04 Å². The van der Waals surface area contributed by atoms with Gasteiger partial charge in [0.15, 0.2) is 0 Å². The van der Waals surface area contributed by atoms with Gasteiger partial charge in [-0.3, -0.25) is 4.68 Å². The average Bonchev–Trinajstić information content (AvgIpc) is 2.69. The molecule has 0 bridgehead atoms. The molecule has 1 unspecified atom stereocenters. The van der Waals surface area contributed by atoms with Crippen LogP contribution in [0.3, 0.4) is 0 Å². The average molecular weight is 331 g/mol. The van der Waals surface area contributed by atoms with Gasteiger partial charge in [0.25, 0.3) is 0 Å². The van der Waals surface area contributed by atoms with Crippen molar-refractivity contribution in [1.29, 1.82) is 0 Å². The normalized spacial score (nSPS) is 13.2. The van der Waals surface area contributed by atoms with E-state index in [0.717, 1.165) is 38.2 Å². The number of nitrogens with one attached hydrogen (secondary N) is 1. The van der Waals surface area contributed by atoms with Crippen LogP contribution in [0.1, 0.15) is 38.6 Å². The van der Waals surface area contributed by atoms with Crippen molar-refractivity contribution in [2.75, 3.05) is 20.6 Å². The van der Waals surface area contributed by atoms with Gasteiger partial charge in [-0.2, -0.15) is 5.10 Å². The molecule has 1 rings (SSSR count). The minimum atomic E-state index is 0.514. The predicted molar refractivity (Wildman–Crippen MR) is 84.5 cm³/mol. The molecule has 0 spiro atoms. The van der Waals surface area contributed by atoms with E-state index >= 15 is 0 Å². The fourth-order valence-electron chi connectivity index (χ4n) is 2.01. The van der Waals surface area contributed by atoms with E-state index in [-0.39, 0.29) is 0 Å². The Balaban J connectivity index is 2.59. The fraction of sp³-hybridized carbons (Fsp3) is 0.786. The fourth-order valence-corrected chi connectivity index (χ4v) is 2.72. The highest BCUT2D eigenvalue weighted by Crippen LogP contribution is 2.22. The molecule has 1 heterocycles. The second-order valence-corrected chi connectivity index (χ2v) is 6.04. The number of halogens is 1. The van der Waals surface area contributed by atoms with Crippen LogP contribution >= 0.6 is 15.9 Å². The molecule has 5 heteroatoms. The first-order valence-electron chi connectivity index (χ1n) is 7.11. The molecule has 0 saturated carbocycles. The molecule has 4 nitrogen and oxygen atoms in total. The standard InChI is InChI=1S/C14H27BrN4/c1-6-12-14(15)13(19(7-2)17-12)10-16-11(3)8-9-18(4)5/h11,16H,6-10H2,1-5H3. The summed E-state index contributed by atoms with van der Waals surface area (Å²) in [7, 11) is 4.23. The smallest absolute Gasteiger partial charge is 0.0767 e. The summed E-state index contributed by atoms with van der Waals surface area (Å²) >= 11 is 3.68. The van der Waals surface area contributed by atoms with Crippen molar-refractivity contribution >= 4 is 15.9 Å². The van der Waals surface area contributed by atoms with E-state index in [4.69, 9.17) is 0 Å². The Bertz CT molecular complexity index is 387. The van der Waals surface area contributed by atoms with Crippen molar-refractivity contribution in [1.82, 2.24) is 20.0 Å². The number of nitrogens with zero attached hydrogens (tertiary/aromatic N) is 3. The van der Waals surface area contributed by atoms with Gasteiger partial charge in [-0.15, -0.1) is 0 Å². The Morgan fingerprint density at radius 1 is 1.37 bits per heavy atom. The number of hydrogen-bond acceptors (Lipinski definition) is 3. The summed E-state index contributed by atoms with van der Waals surface area (Å²) in [6.07, 6.45) is 2.13. The molecule has 0 amide bonds. The summed E-state index contributed by atoms with van der Waals surface area (Å²) < 4.78 is 3.26. The third-order valence-electron chi connectivity index (χ3n) is 3.32. The molecular weight excluding hydrogens is 304 g/mol. The molecule has 1 atom stereocenters. The first-order chi connectivity index (χ1) is 8.99. The lowest BCUT2D eigenvalue weighted by molar-refractivity contribution is 0.363. The minimum absolute atomic E-state index is 0.514. The van der Waals surface area contributed by atoms with Crippen LogP contribution in [0.5, 0.6) is 0 Å². The summed E-state index contributed by atoms with van der Waals surface area (Å²) in [6.45, 7) is 9.42. The summed E-state index contributed by atoms with van der Waals surface area (Å²) in [5.41, 5.74) is 2.41. The zero-order valence-corrected chi connectivity index (χ0v) is 14.4. The molecular formula is C14H27BrN4. The summed E-state index contributed by atoms with van der Waals surface area (Å²) in [5.74, 6) is 0. The lowest BCUT2D eigenvalue weighted by atomic mass is 10.2. The van der Waals surface area contributed by atoms with Crippen LogP contribution in [0.25, 0.3) is 0 Å². The largest absolute Gasteiger partial charge is 0.309 e. The zero-order valence-electron chi connectivity index (χ0n) is 12.8. The molecule has 0 aliphatic carbocycles. The van der Waals surface area contributed by atoms with Gasteiger partial charge in [0, 0.05) is 19.1 Å². The highest BCUT2D eigenvalue weighted by atomic mass is 79.9. The molecule has 0 aliphatic rings. The van der Waals surface area contributed by atoms with Gasteiger partial charge in [-0.1, -0.05) is 6.92 Å². The van der Waals surface area contributed by atoms with Gasteiger partial charge in [0.05, 0.1) is 15.9 Å². The maximum absolute atomic E-state index is 4.62. The first kappa shape index (κ1) is 16.7. The van der Waals surface area contributed by atoms with Gasteiger partial charge in [-0.25, -0.2) is 0 Å². The quantitative estimate of drug-likeness (QED) is 0.795. The molecule has 0 aromatic carbocycles. The van der Waals surface area contributed by atoms with Gasteiger partial charge in [0.1, 0.15) is 0 Å². The molecule has 0 aliphatic heterocycles. The van der Waals surface area contributed by atoms with Crippen molar-refractivity contribution < 1.29 is 0 Å². The topological polar surface area (TPSA) is 33.1 Å². The van der Waals surface area contributed by atoms with E-state index in [2.05, 4.69) is 70.8 Å². The Morgan fingerprint density at radius 2 is 2.05 bits per heavy atom. The van der Waals surface area contributed by atoms with Crippen molar-refractivity contribution in [2.45, 2.75) is 52.7 Å². The summed E-state index contributed by atoms with van der Waals surface area (Å²) in [5, 5.41) is 8.21. The molecule has 1 aromatic heterocycles. The van der Waals surface area contributed by atoms with Crippen molar-refractivity contribution in [3.63, 3.8) is 0 Å². The minimum Gasteiger partial charge on any atom is -0.309 e. The van der Waals surface area contributed by atoms with Crippen LogP contribution in [0, 0.1) is 0 Å². The molecule has 0 radical (unpaired) electrons. The van der Waals surface area contributed by atoms with E-state index in [1.165, 1.54) is 10.2 Å². The number of rotatable bonds is 8. The Kier molecular flexibility index (Phi) is 7.04. The van der Waals surface area contributed by atoms with Gasteiger partial charge in [0.2, 0.25) is 0 Å². The van der Waals surface area contributed by atoms with Crippen LogP contribution < -0.4 is 5.32 Å². The summed E-state index contributed by atoms with van der Waals surface area (Å²) in [6, 6.07) is 0.514. The van der Waals surface area contributed by atoms with Crippen LogP contribution in [0.15, 0.2) is 4.47 Å². The lowest BCUT2D eigenvalue weighted by Gasteiger charge is -2.17. The Hall–Kier alpha value is -0.390. The summed E-state index contributed by atoms with van der Waals surface area (Å²) in [4.78, 5) is 2.22. The van der Waals surface area contributed by atoms with E-state index in [9.17, 15) is 0 Å². The highest BCUT2D eigenvalue weighted by molar-refractivity contribution is 9.10. The van der Waals surface area contributed by atoms with Gasteiger partial charge < -0.3 is 10.2 Å². The Labute approximate surface area is 125 Å². The molecule has 19 heavy (non-hydrogen) atoms. The zero-order chi connectivity index (χ0) is 14.4. The van der Waals surface area contributed by atoms with Crippen LogP contribution in [-0.4, -0.2) is 41.4 Å². The lowest BCUT2D eigenvalue weighted by Crippen LogP contribution is -2.30. The molecule has 1 N–H and O–H groups in total.